The molecule has 0 aliphatic carbocycles. The zero-order valence-electron chi connectivity index (χ0n) is 11.7. The molecule has 1 N–H and O–H groups in total. The van der Waals surface area contributed by atoms with Crippen LogP contribution in [0.25, 0.3) is 0 Å². The third-order valence-corrected chi connectivity index (χ3v) is 4.84. The Labute approximate surface area is 124 Å². The van der Waals surface area contributed by atoms with Gasteiger partial charge in [-0.05, 0) is 49.5 Å². The molecule has 1 aliphatic rings. The number of piperidine rings is 1. The van der Waals surface area contributed by atoms with Gasteiger partial charge >= 0.3 is 0 Å². The van der Waals surface area contributed by atoms with Crippen LogP contribution in [0.3, 0.4) is 0 Å². The monoisotopic (exact) mass is 323 g/mol. The van der Waals surface area contributed by atoms with Crippen molar-refractivity contribution in [1.29, 1.82) is 0 Å². The van der Waals surface area contributed by atoms with Gasteiger partial charge in [-0.1, -0.05) is 41.9 Å². The molecule has 0 spiro atoms. The highest BCUT2D eigenvalue weighted by atomic mass is 79.9. The predicted molar refractivity (Wildman–Crippen MR) is 82.2 cm³/mol. The molecule has 1 unspecified atom stereocenters. The molecule has 0 radical (unpaired) electrons. The molecule has 2 rings (SSSR count). The van der Waals surface area contributed by atoms with Crippen molar-refractivity contribution in [3.05, 3.63) is 34.3 Å². The van der Waals surface area contributed by atoms with Crippen molar-refractivity contribution in [3.63, 3.8) is 0 Å². The highest BCUT2D eigenvalue weighted by Crippen LogP contribution is 2.33. The normalized spacial score (nSPS) is 20.3. The van der Waals surface area contributed by atoms with E-state index in [1.165, 1.54) is 6.42 Å². The van der Waals surface area contributed by atoms with Crippen LogP contribution in [0.2, 0.25) is 0 Å². The largest absolute Gasteiger partial charge is 0.316 e. The second-order valence-electron chi connectivity index (χ2n) is 5.99. The SMILES string of the molecule is CC(C)(C(=O)Cc1ccc(Br)cc1)C1CCCNC1. The minimum Gasteiger partial charge on any atom is -0.316 e. The Morgan fingerprint density at radius 3 is 2.63 bits per heavy atom. The van der Waals surface area contributed by atoms with E-state index < -0.39 is 0 Å². The summed E-state index contributed by atoms with van der Waals surface area (Å²) in [5, 5.41) is 3.41. The molecule has 1 saturated heterocycles. The summed E-state index contributed by atoms with van der Waals surface area (Å²) >= 11 is 3.42. The maximum atomic E-state index is 12.6. The second kappa shape index (κ2) is 6.19. The molecule has 19 heavy (non-hydrogen) atoms. The molecule has 0 amide bonds. The molecule has 1 aromatic carbocycles. The Kier molecular flexibility index (Phi) is 4.80. The topological polar surface area (TPSA) is 29.1 Å². The number of halogens is 1. The van der Waals surface area contributed by atoms with Crippen LogP contribution in [0.15, 0.2) is 28.7 Å². The van der Waals surface area contributed by atoms with E-state index in [-0.39, 0.29) is 5.41 Å². The van der Waals surface area contributed by atoms with Gasteiger partial charge in [0.15, 0.2) is 0 Å². The Hall–Kier alpha value is -0.670. The third kappa shape index (κ3) is 3.67. The van der Waals surface area contributed by atoms with Crippen LogP contribution in [0.1, 0.15) is 32.3 Å². The van der Waals surface area contributed by atoms with Gasteiger partial charge in [-0.3, -0.25) is 4.79 Å². The van der Waals surface area contributed by atoms with E-state index in [2.05, 4.69) is 35.1 Å². The third-order valence-electron chi connectivity index (χ3n) is 4.31. The Morgan fingerprint density at radius 1 is 1.37 bits per heavy atom. The average Bonchev–Trinajstić information content (AvgIpc) is 2.42. The molecule has 0 saturated carbocycles. The lowest BCUT2D eigenvalue weighted by Gasteiger charge is -2.36. The van der Waals surface area contributed by atoms with Gasteiger partial charge in [0.1, 0.15) is 5.78 Å². The number of ketones is 1. The maximum absolute atomic E-state index is 12.6. The first-order valence-corrected chi connectivity index (χ1v) is 7.78. The minimum absolute atomic E-state index is 0.236. The van der Waals surface area contributed by atoms with Crippen molar-refractivity contribution in [2.75, 3.05) is 13.1 Å². The highest BCUT2D eigenvalue weighted by Gasteiger charge is 2.36. The van der Waals surface area contributed by atoms with E-state index in [9.17, 15) is 4.79 Å². The molecule has 3 heteroatoms. The zero-order valence-corrected chi connectivity index (χ0v) is 13.3. The average molecular weight is 324 g/mol. The number of benzene rings is 1. The lowest BCUT2D eigenvalue weighted by Crippen LogP contribution is -2.43. The van der Waals surface area contributed by atoms with Crippen molar-refractivity contribution < 1.29 is 4.79 Å². The fraction of sp³-hybridized carbons (Fsp3) is 0.562. The summed E-state index contributed by atoms with van der Waals surface area (Å²) < 4.78 is 1.06. The van der Waals surface area contributed by atoms with Crippen LogP contribution in [-0.2, 0) is 11.2 Å². The number of nitrogens with one attached hydrogen (secondary N) is 1. The number of Topliss-reactive ketones (excluding diaryl/α,β-unsaturated/α-hetero) is 1. The van der Waals surface area contributed by atoms with E-state index in [0.717, 1.165) is 29.5 Å². The van der Waals surface area contributed by atoms with E-state index in [1.807, 2.05) is 24.3 Å². The molecule has 1 heterocycles. The summed E-state index contributed by atoms with van der Waals surface area (Å²) in [6, 6.07) is 8.05. The summed E-state index contributed by atoms with van der Waals surface area (Å²) in [6.07, 6.45) is 2.88. The summed E-state index contributed by atoms with van der Waals surface area (Å²) in [7, 11) is 0. The van der Waals surface area contributed by atoms with Crippen molar-refractivity contribution >= 4 is 21.7 Å². The van der Waals surface area contributed by atoms with Crippen molar-refractivity contribution in [3.8, 4) is 0 Å². The standard InChI is InChI=1S/C16H22BrNO/c1-16(2,13-4-3-9-18-11-13)15(19)10-12-5-7-14(17)8-6-12/h5-8,13,18H,3-4,9-11H2,1-2H3. The van der Waals surface area contributed by atoms with Crippen molar-refractivity contribution in [2.45, 2.75) is 33.1 Å². The van der Waals surface area contributed by atoms with Crippen LogP contribution in [0.5, 0.6) is 0 Å². The van der Waals surface area contributed by atoms with Crippen molar-refractivity contribution in [2.24, 2.45) is 11.3 Å². The second-order valence-corrected chi connectivity index (χ2v) is 6.91. The summed E-state index contributed by atoms with van der Waals surface area (Å²) in [4.78, 5) is 12.6. The predicted octanol–water partition coefficient (Wildman–Crippen LogP) is 3.59. The number of hydrogen-bond donors (Lipinski definition) is 1. The molecule has 1 aromatic rings. The zero-order chi connectivity index (χ0) is 13.9. The van der Waals surface area contributed by atoms with Crippen LogP contribution in [-0.4, -0.2) is 18.9 Å². The number of carbonyl (C=O) groups excluding carboxylic acids is 1. The Morgan fingerprint density at radius 2 is 2.05 bits per heavy atom. The molecule has 1 atom stereocenters. The van der Waals surface area contributed by atoms with Gasteiger partial charge in [0.2, 0.25) is 0 Å². The first-order chi connectivity index (χ1) is 9.00. The lowest BCUT2D eigenvalue weighted by atomic mass is 9.71. The molecular weight excluding hydrogens is 302 g/mol. The number of hydrogen-bond acceptors (Lipinski definition) is 2. The fourth-order valence-electron chi connectivity index (χ4n) is 2.71. The van der Waals surface area contributed by atoms with E-state index in [1.54, 1.807) is 0 Å². The Bertz CT molecular complexity index is 433. The first-order valence-electron chi connectivity index (χ1n) is 6.98. The lowest BCUT2D eigenvalue weighted by molar-refractivity contribution is -0.129. The smallest absolute Gasteiger partial charge is 0.143 e. The minimum atomic E-state index is -0.236. The first kappa shape index (κ1) is 14.7. The summed E-state index contributed by atoms with van der Waals surface area (Å²) in [6.45, 7) is 6.27. The van der Waals surface area contributed by atoms with Gasteiger partial charge in [-0.15, -0.1) is 0 Å². The van der Waals surface area contributed by atoms with Gasteiger partial charge in [-0.25, -0.2) is 0 Å². The Balaban J connectivity index is 2.03. The van der Waals surface area contributed by atoms with Crippen LogP contribution in [0.4, 0.5) is 0 Å². The van der Waals surface area contributed by atoms with Gasteiger partial charge < -0.3 is 5.32 Å². The van der Waals surface area contributed by atoms with Gasteiger partial charge in [0.25, 0.3) is 0 Å². The molecule has 1 fully saturated rings. The molecule has 0 aromatic heterocycles. The van der Waals surface area contributed by atoms with Crippen LogP contribution in [0, 0.1) is 11.3 Å². The number of carbonyl (C=O) groups is 1. The van der Waals surface area contributed by atoms with Gasteiger partial charge in [0, 0.05) is 16.3 Å². The van der Waals surface area contributed by atoms with Gasteiger partial charge in [0.05, 0.1) is 0 Å². The summed E-state index contributed by atoms with van der Waals surface area (Å²) in [5.74, 6) is 0.813. The van der Waals surface area contributed by atoms with E-state index >= 15 is 0 Å². The van der Waals surface area contributed by atoms with E-state index in [4.69, 9.17) is 0 Å². The van der Waals surface area contributed by atoms with Gasteiger partial charge in [-0.2, -0.15) is 0 Å². The number of rotatable bonds is 4. The molecule has 1 aliphatic heterocycles. The fourth-order valence-corrected chi connectivity index (χ4v) is 2.98. The quantitative estimate of drug-likeness (QED) is 0.917. The molecule has 0 bridgehead atoms. The van der Waals surface area contributed by atoms with Crippen LogP contribution >= 0.6 is 15.9 Å². The van der Waals surface area contributed by atoms with E-state index in [0.29, 0.717) is 18.1 Å². The maximum Gasteiger partial charge on any atom is 0.143 e. The molecule has 104 valence electrons. The molecular formula is C16H22BrNO. The van der Waals surface area contributed by atoms with Crippen molar-refractivity contribution in [1.82, 2.24) is 5.32 Å². The molecule has 2 nitrogen and oxygen atoms in total. The van der Waals surface area contributed by atoms with Crippen LogP contribution < -0.4 is 5.32 Å². The summed E-state index contributed by atoms with van der Waals surface area (Å²) in [5.41, 5.74) is 0.866. The highest BCUT2D eigenvalue weighted by molar-refractivity contribution is 9.10.